The van der Waals surface area contributed by atoms with Gasteiger partial charge in [0.25, 0.3) is 0 Å². The summed E-state index contributed by atoms with van der Waals surface area (Å²) in [5.74, 6) is 0. The third kappa shape index (κ3) is 2.50. The molecule has 3 aromatic rings. The van der Waals surface area contributed by atoms with Gasteiger partial charge in [-0.1, -0.05) is 35.9 Å². The topological polar surface area (TPSA) is 12.9 Å². The molecule has 0 aliphatic heterocycles. The van der Waals surface area contributed by atoms with Gasteiger partial charge in [-0.25, -0.2) is 0 Å². The summed E-state index contributed by atoms with van der Waals surface area (Å²) in [6.45, 7) is 4.32. The highest BCUT2D eigenvalue weighted by molar-refractivity contribution is 5.79. The first-order valence-electron chi connectivity index (χ1n) is 6.62. The first-order chi connectivity index (χ1) is 9.22. The number of hydrogen-bond donors (Lipinski definition) is 0. The van der Waals surface area contributed by atoms with E-state index in [-0.39, 0.29) is 0 Å². The molecule has 19 heavy (non-hydrogen) atoms. The second-order valence-corrected chi connectivity index (χ2v) is 5.14. The first-order valence-corrected chi connectivity index (χ1v) is 6.62. The molecule has 0 spiro atoms. The van der Waals surface area contributed by atoms with E-state index in [2.05, 4.69) is 61.3 Å². The maximum absolute atomic E-state index is 4.36. The Bertz CT molecular complexity index is 729. The van der Waals surface area contributed by atoms with Crippen LogP contribution in [0, 0.1) is 13.8 Å². The lowest BCUT2D eigenvalue weighted by molar-refractivity contribution is 1.15. The summed E-state index contributed by atoms with van der Waals surface area (Å²) in [4.78, 5) is 4.36. The van der Waals surface area contributed by atoms with Crippen LogP contribution in [0.5, 0.6) is 0 Å². The normalized spacial score (nSPS) is 10.8. The summed E-state index contributed by atoms with van der Waals surface area (Å²) < 4.78 is 0. The number of hydrogen-bond acceptors (Lipinski definition) is 1. The van der Waals surface area contributed by atoms with Gasteiger partial charge in [-0.2, -0.15) is 0 Å². The molecule has 0 saturated carbocycles. The van der Waals surface area contributed by atoms with Crippen LogP contribution in [0.4, 0.5) is 0 Å². The van der Waals surface area contributed by atoms with Gasteiger partial charge in [0, 0.05) is 11.6 Å². The van der Waals surface area contributed by atoms with Crippen molar-refractivity contribution in [3.63, 3.8) is 0 Å². The monoisotopic (exact) mass is 247 g/mol. The second-order valence-electron chi connectivity index (χ2n) is 5.14. The van der Waals surface area contributed by atoms with Crippen molar-refractivity contribution in [2.75, 3.05) is 0 Å². The molecule has 0 fully saturated rings. The predicted octanol–water partition coefficient (Wildman–Crippen LogP) is 4.44. The lowest BCUT2D eigenvalue weighted by Crippen LogP contribution is -1.93. The van der Waals surface area contributed by atoms with Crippen LogP contribution in [0.2, 0.25) is 0 Å². The van der Waals surface area contributed by atoms with Crippen molar-refractivity contribution in [3.8, 4) is 0 Å². The van der Waals surface area contributed by atoms with Crippen molar-refractivity contribution in [1.29, 1.82) is 0 Å². The summed E-state index contributed by atoms with van der Waals surface area (Å²) >= 11 is 0. The highest BCUT2D eigenvalue weighted by Gasteiger charge is 2.02. The van der Waals surface area contributed by atoms with Gasteiger partial charge in [-0.05, 0) is 55.2 Å². The van der Waals surface area contributed by atoms with Crippen molar-refractivity contribution in [2.24, 2.45) is 0 Å². The number of benzene rings is 2. The molecular formula is C18H17N. The molecule has 3 rings (SSSR count). The first kappa shape index (κ1) is 11.9. The zero-order chi connectivity index (χ0) is 13.2. The highest BCUT2D eigenvalue weighted by atomic mass is 14.6. The molecule has 1 nitrogen and oxygen atoms in total. The summed E-state index contributed by atoms with van der Waals surface area (Å²) in [7, 11) is 0. The Morgan fingerprint density at radius 3 is 2.74 bits per heavy atom. The van der Waals surface area contributed by atoms with Crippen molar-refractivity contribution in [3.05, 3.63) is 77.0 Å². The molecule has 0 bridgehead atoms. The number of aromatic nitrogens is 1. The van der Waals surface area contributed by atoms with Gasteiger partial charge in [0.2, 0.25) is 0 Å². The Morgan fingerprint density at radius 2 is 1.84 bits per heavy atom. The summed E-state index contributed by atoms with van der Waals surface area (Å²) in [6, 6.07) is 17.3. The van der Waals surface area contributed by atoms with E-state index in [9.17, 15) is 0 Å². The Labute approximate surface area is 113 Å². The minimum atomic E-state index is 0.984. The quantitative estimate of drug-likeness (QED) is 0.652. The lowest BCUT2D eigenvalue weighted by atomic mass is 9.98. The SMILES string of the molecule is Cc1ccc(C)c(Cc2ccc3ncccc3c2)c1. The minimum Gasteiger partial charge on any atom is -0.256 e. The van der Waals surface area contributed by atoms with Gasteiger partial charge in [-0.3, -0.25) is 4.98 Å². The number of pyridine rings is 1. The van der Waals surface area contributed by atoms with E-state index in [0.717, 1.165) is 11.9 Å². The molecule has 0 N–H and O–H groups in total. The van der Waals surface area contributed by atoms with Gasteiger partial charge >= 0.3 is 0 Å². The average molecular weight is 247 g/mol. The molecular weight excluding hydrogens is 230 g/mol. The van der Waals surface area contributed by atoms with Crippen molar-refractivity contribution in [1.82, 2.24) is 4.98 Å². The van der Waals surface area contributed by atoms with Crippen molar-refractivity contribution < 1.29 is 0 Å². The Balaban J connectivity index is 1.98. The fourth-order valence-electron chi connectivity index (χ4n) is 2.45. The van der Waals surface area contributed by atoms with E-state index in [1.165, 1.54) is 27.6 Å². The molecule has 1 heterocycles. The molecule has 1 heteroatoms. The molecule has 0 aliphatic carbocycles. The largest absolute Gasteiger partial charge is 0.256 e. The third-order valence-electron chi connectivity index (χ3n) is 3.57. The Kier molecular flexibility index (Phi) is 3.04. The Hall–Kier alpha value is -2.15. The molecule has 0 radical (unpaired) electrons. The third-order valence-corrected chi connectivity index (χ3v) is 3.57. The molecule has 0 saturated heterocycles. The maximum atomic E-state index is 4.36. The molecule has 1 aromatic heterocycles. The summed E-state index contributed by atoms with van der Waals surface area (Å²) in [5.41, 5.74) is 6.49. The lowest BCUT2D eigenvalue weighted by Gasteiger charge is -2.08. The fourth-order valence-corrected chi connectivity index (χ4v) is 2.45. The second kappa shape index (κ2) is 4.85. The Morgan fingerprint density at radius 1 is 0.947 bits per heavy atom. The van der Waals surface area contributed by atoms with E-state index in [1.54, 1.807) is 0 Å². The minimum absolute atomic E-state index is 0.984. The maximum Gasteiger partial charge on any atom is 0.0702 e. The van der Waals surface area contributed by atoms with Gasteiger partial charge in [-0.15, -0.1) is 0 Å². The van der Waals surface area contributed by atoms with E-state index in [0.29, 0.717) is 0 Å². The van der Waals surface area contributed by atoms with E-state index < -0.39 is 0 Å². The van der Waals surface area contributed by atoms with Gasteiger partial charge in [0.1, 0.15) is 0 Å². The standard InChI is InChI=1S/C18H17N/c1-13-5-6-14(2)17(10-13)12-15-7-8-18-16(11-15)4-3-9-19-18/h3-11H,12H2,1-2H3. The van der Waals surface area contributed by atoms with Crippen LogP contribution in [-0.4, -0.2) is 4.98 Å². The predicted molar refractivity (Wildman–Crippen MR) is 80.5 cm³/mol. The smallest absolute Gasteiger partial charge is 0.0702 e. The number of aryl methyl sites for hydroxylation is 2. The van der Waals surface area contributed by atoms with E-state index in [4.69, 9.17) is 0 Å². The van der Waals surface area contributed by atoms with Crippen LogP contribution >= 0.6 is 0 Å². The van der Waals surface area contributed by atoms with Crippen LogP contribution in [0.25, 0.3) is 10.9 Å². The van der Waals surface area contributed by atoms with Crippen LogP contribution in [-0.2, 0) is 6.42 Å². The van der Waals surface area contributed by atoms with E-state index in [1.807, 2.05) is 12.3 Å². The van der Waals surface area contributed by atoms with Crippen molar-refractivity contribution >= 4 is 10.9 Å². The number of rotatable bonds is 2. The van der Waals surface area contributed by atoms with Gasteiger partial charge in [0.15, 0.2) is 0 Å². The molecule has 0 unspecified atom stereocenters. The fraction of sp³-hybridized carbons (Fsp3) is 0.167. The zero-order valence-electron chi connectivity index (χ0n) is 11.4. The van der Waals surface area contributed by atoms with Crippen LogP contribution in [0.3, 0.4) is 0 Å². The van der Waals surface area contributed by atoms with Crippen LogP contribution < -0.4 is 0 Å². The average Bonchev–Trinajstić information content (AvgIpc) is 2.43. The van der Waals surface area contributed by atoms with Gasteiger partial charge < -0.3 is 0 Å². The number of fused-ring (bicyclic) bond motifs is 1. The molecule has 94 valence electrons. The highest BCUT2D eigenvalue weighted by Crippen LogP contribution is 2.19. The summed E-state index contributed by atoms with van der Waals surface area (Å²) in [5, 5.41) is 1.21. The molecule has 2 aromatic carbocycles. The summed E-state index contributed by atoms with van der Waals surface area (Å²) in [6.07, 6.45) is 2.82. The molecule has 0 atom stereocenters. The van der Waals surface area contributed by atoms with E-state index >= 15 is 0 Å². The molecule has 0 amide bonds. The van der Waals surface area contributed by atoms with Crippen LogP contribution in [0.15, 0.2) is 54.7 Å². The van der Waals surface area contributed by atoms with Gasteiger partial charge in [0.05, 0.1) is 5.52 Å². The van der Waals surface area contributed by atoms with Crippen LogP contribution in [0.1, 0.15) is 22.3 Å². The molecule has 0 aliphatic rings. The van der Waals surface area contributed by atoms with Crippen molar-refractivity contribution in [2.45, 2.75) is 20.3 Å². The zero-order valence-corrected chi connectivity index (χ0v) is 11.4. The number of nitrogens with zero attached hydrogens (tertiary/aromatic N) is 1.